The molecule has 2 aromatic carbocycles. The lowest BCUT2D eigenvalue weighted by Gasteiger charge is -2.17. The third-order valence-corrected chi connectivity index (χ3v) is 8.62. The average Bonchev–Trinajstić information content (AvgIpc) is 3.35. The number of halogens is 1. The van der Waals surface area contributed by atoms with Crippen molar-refractivity contribution in [3.63, 3.8) is 0 Å². The molecule has 0 bridgehead atoms. The molecule has 9 nitrogen and oxygen atoms in total. The first-order valence-electron chi connectivity index (χ1n) is 11.1. The quantitative estimate of drug-likeness (QED) is 0.157. The molecule has 1 aliphatic heterocycles. The number of nitrogens with zero attached hydrogens (tertiary/aromatic N) is 3. The maximum atomic E-state index is 13.8. The van der Waals surface area contributed by atoms with Crippen molar-refractivity contribution in [2.24, 2.45) is 5.10 Å². The van der Waals surface area contributed by atoms with Gasteiger partial charge < -0.3 is 10.1 Å². The lowest BCUT2D eigenvalue weighted by atomic mass is 10.1. The van der Waals surface area contributed by atoms with Crippen molar-refractivity contribution in [1.29, 1.82) is 0 Å². The van der Waals surface area contributed by atoms with Crippen molar-refractivity contribution in [2.45, 2.75) is 11.1 Å². The highest BCUT2D eigenvalue weighted by Gasteiger charge is 2.38. The van der Waals surface area contributed by atoms with Crippen LogP contribution >= 0.6 is 34.9 Å². The number of rotatable bonds is 8. The molecule has 38 heavy (non-hydrogen) atoms. The van der Waals surface area contributed by atoms with Crippen molar-refractivity contribution in [2.75, 3.05) is 30.2 Å². The van der Waals surface area contributed by atoms with E-state index in [-0.39, 0.29) is 21.2 Å². The molecule has 1 N–H and O–H groups in total. The van der Waals surface area contributed by atoms with Crippen LogP contribution in [0.2, 0.25) is 0 Å². The second-order valence-corrected chi connectivity index (χ2v) is 10.7. The molecule has 0 fully saturated rings. The molecule has 0 spiro atoms. The monoisotopic (exact) mass is 572 g/mol. The standard InChI is InChI=1S/C25H21FN4O5S3/c1-4-27-22-18(24(32)35-2)20(31)17(25(36-3)38-22)19(30(33)34)23-29(16-12-10-15(26)11-13-16)28-21(37-23)14-8-6-5-7-9-14/h5-13,27H,4H2,1-3H3/b23-19-. The minimum Gasteiger partial charge on any atom is -0.465 e. The van der Waals surface area contributed by atoms with Crippen LogP contribution in [0.25, 0.3) is 5.70 Å². The number of nitrogens with one attached hydrogen (secondary N) is 1. The van der Waals surface area contributed by atoms with Crippen LogP contribution in [0.3, 0.4) is 0 Å². The van der Waals surface area contributed by atoms with Gasteiger partial charge in [-0.2, -0.15) is 5.10 Å². The number of carbonyl (C=O) groups excluding carboxylic acids is 1. The highest BCUT2D eigenvalue weighted by atomic mass is 32.2. The van der Waals surface area contributed by atoms with E-state index in [4.69, 9.17) is 4.74 Å². The Bertz CT molecular complexity index is 1510. The molecule has 0 unspecified atom stereocenters. The highest BCUT2D eigenvalue weighted by molar-refractivity contribution is 8.18. The Morgan fingerprint density at radius 3 is 2.45 bits per heavy atom. The average molecular weight is 573 g/mol. The molecule has 2 heterocycles. The molecule has 1 aromatic heterocycles. The summed E-state index contributed by atoms with van der Waals surface area (Å²) in [6, 6.07) is 14.4. The Morgan fingerprint density at radius 1 is 1.18 bits per heavy atom. The molecule has 0 aliphatic carbocycles. The fraction of sp³-hybridized carbons (Fsp3) is 0.160. The van der Waals surface area contributed by atoms with Crippen LogP contribution in [0.4, 0.5) is 15.1 Å². The van der Waals surface area contributed by atoms with E-state index in [1.54, 1.807) is 25.3 Å². The Kier molecular flexibility index (Phi) is 8.49. The summed E-state index contributed by atoms with van der Waals surface area (Å²) in [5.74, 6) is -1.39. The van der Waals surface area contributed by atoms with Gasteiger partial charge in [-0.25, -0.2) is 14.2 Å². The Balaban J connectivity index is 2.04. The van der Waals surface area contributed by atoms with Crippen LogP contribution in [-0.2, 0) is 4.74 Å². The van der Waals surface area contributed by atoms with Crippen LogP contribution in [0, 0.1) is 15.9 Å². The van der Waals surface area contributed by atoms with Gasteiger partial charge in [-0.1, -0.05) is 30.3 Å². The molecular formula is C25H21FN4O5S3. The Labute approximate surface area is 229 Å². The van der Waals surface area contributed by atoms with E-state index in [0.29, 0.717) is 27.0 Å². The maximum Gasteiger partial charge on any atom is 0.344 e. The predicted molar refractivity (Wildman–Crippen MR) is 151 cm³/mol. The summed E-state index contributed by atoms with van der Waals surface area (Å²) < 4.78 is 18.9. The summed E-state index contributed by atoms with van der Waals surface area (Å²) in [4.78, 5) is 38.4. The van der Waals surface area contributed by atoms with Crippen LogP contribution in [0.1, 0.15) is 28.4 Å². The van der Waals surface area contributed by atoms with E-state index < -0.39 is 27.8 Å². The second-order valence-electron chi connectivity index (χ2n) is 7.60. The minimum absolute atomic E-state index is 0.0343. The fourth-order valence-corrected chi connectivity index (χ4v) is 6.62. The Morgan fingerprint density at radius 2 is 1.87 bits per heavy atom. The van der Waals surface area contributed by atoms with Crippen LogP contribution in [-0.4, -0.2) is 35.8 Å². The molecule has 0 saturated carbocycles. The molecule has 0 amide bonds. The van der Waals surface area contributed by atoms with E-state index in [0.717, 1.165) is 42.0 Å². The van der Waals surface area contributed by atoms with Crippen molar-refractivity contribution >= 4 is 62.3 Å². The zero-order chi connectivity index (χ0) is 27.4. The van der Waals surface area contributed by atoms with Crippen molar-refractivity contribution in [3.8, 4) is 0 Å². The lowest BCUT2D eigenvalue weighted by molar-refractivity contribution is -0.376. The van der Waals surface area contributed by atoms with Gasteiger partial charge in [0.1, 0.15) is 27.0 Å². The maximum absolute atomic E-state index is 13.8. The van der Waals surface area contributed by atoms with Crippen LogP contribution in [0.15, 0.2) is 73.7 Å². The number of hydrazone groups is 1. The molecule has 4 rings (SSSR count). The number of ether oxygens (including phenoxy) is 1. The summed E-state index contributed by atoms with van der Waals surface area (Å²) in [6.45, 7) is 2.21. The number of hydrogen-bond donors (Lipinski definition) is 1. The first-order chi connectivity index (χ1) is 18.3. The van der Waals surface area contributed by atoms with Gasteiger partial charge in [-0.05, 0) is 49.2 Å². The van der Waals surface area contributed by atoms with Gasteiger partial charge in [-0.3, -0.25) is 14.9 Å². The smallest absolute Gasteiger partial charge is 0.344 e. The van der Waals surface area contributed by atoms with Gasteiger partial charge in [-0.15, -0.1) is 23.1 Å². The highest BCUT2D eigenvalue weighted by Crippen LogP contribution is 2.44. The number of carbonyl (C=O) groups is 1. The normalized spacial score (nSPS) is 14.2. The number of benzene rings is 2. The number of thioether (sulfide) groups is 2. The van der Waals surface area contributed by atoms with E-state index >= 15 is 0 Å². The van der Waals surface area contributed by atoms with Crippen LogP contribution < -0.4 is 15.8 Å². The summed E-state index contributed by atoms with van der Waals surface area (Å²) in [5, 5.41) is 22.3. The SMILES string of the molecule is CCNc1sc(SC)c(/C(=C2/SC(c3ccccc3)=NN2c2ccc(F)cc2)[N+](=O)[O-])c(=O)c1C(=O)OC. The van der Waals surface area contributed by atoms with Crippen molar-refractivity contribution < 1.29 is 18.8 Å². The summed E-state index contributed by atoms with van der Waals surface area (Å²) in [7, 11) is 1.14. The Hall–Kier alpha value is -3.68. The van der Waals surface area contributed by atoms with Crippen LogP contribution in [0.5, 0.6) is 0 Å². The first-order valence-corrected chi connectivity index (χ1v) is 14.0. The van der Waals surface area contributed by atoms with Gasteiger partial charge in [0.15, 0.2) is 5.03 Å². The third-order valence-electron chi connectivity index (χ3n) is 5.28. The molecule has 0 radical (unpaired) electrons. The number of nitro groups is 1. The number of anilines is 2. The molecular weight excluding hydrogens is 551 g/mol. The van der Waals surface area contributed by atoms with Gasteiger partial charge >= 0.3 is 11.7 Å². The summed E-state index contributed by atoms with van der Waals surface area (Å²) in [6.07, 6.45) is 1.69. The minimum atomic E-state index is -0.903. The topological polar surface area (TPSA) is 114 Å². The van der Waals surface area contributed by atoms with E-state index in [1.807, 2.05) is 18.2 Å². The molecule has 3 aromatic rings. The number of methoxy groups -OCH3 is 1. The molecule has 0 saturated heterocycles. The number of hydrogen-bond acceptors (Lipinski definition) is 11. The predicted octanol–water partition coefficient (Wildman–Crippen LogP) is 5.71. The largest absolute Gasteiger partial charge is 0.465 e. The van der Waals surface area contributed by atoms with Gasteiger partial charge in [0, 0.05) is 12.1 Å². The van der Waals surface area contributed by atoms with Crippen molar-refractivity contribution in [3.05, 3.63) is 102 Å². The van der Waals surface area contributed by atoms with Gasteiger partial charge in [0.2, 0.25) is 5.43 Å². The molecule has 1 aliphatic rings. The lowest BCUT2D eigenvalue weighted by Crippen LogP contribution is -2.25. The van der Waals surface area contributed by atoms with Gasteiger partial charge in [0.25, 0.3) is 0 Å². The van der Waals surface area contributed by atoms with E-state index in [2.05, 4.69) is 10.4 Å². The van der Waals surface area contributed by atoms with E-state index in [9.17, 15) is 24.1 Å². The third kappa shape index (κ3) is 5.30. The fourth-order valence-electron chi connectivity index (χ4n) is 3.61. The number of esters is 1. The van der Waals surface area contributed by atoms with E-state index in [1.165, 1.54) is 29.3 Å². The molecule has 196 valence electrons. The zero-order valence-corrected chi connectivity index (χ0v) is 22.8. The second kappa shape index (κ2) is 11.8. The summed E-state index contributed by atoms with van der Waals surface area (Å²) in [5.41, 5.74) is -0.842. The molecule has 0 atom stereocenters. The summed E-state index contributed by atoms with van der Waals surface area (Å²) >= 11 is 3.22. The van der Waals surface area contributed by atoms with Gasteiger partial charge in [0.05, 0.1) is 21.9 Å². The van der Waals surface area contributed by atoms with Crippen molar-refractivity contribution in [1.82, 2.24) is 0 Å². The first kappa shape index (κ1) is 27.4. The zero-order valence-electron chi connectivity index (χ0n) is 20.4. The molecule has 13 heteroatoms.